The van der Waals surface area contributed by atoms with Crippen molar-refractivity contribution in [3.05, 3.63) is 127 Å². The molecule has 0 spiro atoms. The Morgan fingerprint density at radius 2 is 0.884 bits per heavy atom. The van der Waals surface area contributed by atoms with Crippen LogP contribution >= 0.6 is 31.9 Å². The lowest BCUT2D eigenvalue weighted by Gasteiger charge is -2.56. The van der Waals surface area contributed by atoms with Crippen LogP contribution in [0.4, 0.5) is 38.9 Å². The van der Waals surface area contributed by atoms with E-state index in [9.17, 15) is 45.3 Å². The van der Waals surface area contributed by atoms with Gasteiger partial charge in [-0.05, 0) is 44.0 Å². The van der Waals surface area contributed by atoms with E-state index in [0.29, 0.717) is 15.6 Å². The Kier molecular flexibility index (Phi) is 38.0. The molecule has 48 radical (unpaired) electrons. The molecule has 4 aromatic rings. The number of benzene rings is 3. The highest BCUT2D eigenvalue weighted by atomic mass is 79.9. The number of rotatable bonds is 28. The van der Waals surface area contributed by atoms with Crippen LogP contribution in [-0.2, 0) is 17.7 Å². The number of halogens is 2. The zero-order valence-corrected chi connectivity index (χ0v) is 56.0. The van der Waals surface area contributed by atoms with Gasteiger partial charge >= 0.3 is 6.09 Å². The zero-order valence-electron chi connectivity index (χ0n) is 52.8. The monoisotopic (exact) mass is 1310 g/mol. The summed E-state index contributed by atoms with van der Waals surface area (Å²) < 4.78 is 6.16. The molecule has 0 aliphatic carbocycles. The molecule has 396 valence electrons. The molecular formula is C29H28B46Br2N8O10. The second-order valence-electron chi connectivity index (χ2n) is 23.0. The molecule has 95 heavy (non-hydrogen) atoms. The fourth-order valence-electron chi connectivity index (χ4n) is 12.2. The molecule has 66 heteroatoms. The molecule has 1 N–H and O–H groups in total. The number of methoxy groups -OCH3 is 1. The van der Waals surface area contributed by atoms with E-state index in [2.05, 4.69) is 46.7 Å². The van der Waals surface area contributed by atoms with Gasteiger partial charge in [-0.25, -0.2) is 9.78 Å². The van der Waals surface area contributed by atoms with Crippen LogP contribution in [0, 0.1) is 54.3 Å². The number of anilines is 2. The molecule has 1 aliphatic rings. The van der Waals surface area contributed by atoms with Gasteiger partial charge in [0.25, 0.3) is 22.7 Å². The smallest absolute Gasteiger partial charge is 0.413 e. The number of aromatic nitrogens is 2. The summed E-state index contributed by atoms with van der Waals surface area (Å²) in [6, 6.07) is 9.71. The topological polar surface area (TPSA) is 234 Å². The molecule has 18 nitrogen and oxygen atoms in total. The highest BCUT2D eigenvalue weighted by molar-refractivity contribution is 9.10. The molecule has 0 bridgehead atoms. The van der Waals surface area contributed by atoms with Crippen LogP contribution in [0.5, 0.6) is 0 Å². The summed E-state index contributed by atoms with van der Waals surface area (Å²) in [7, 11) is 156. The largest absolute Gasteiger partial charge is 0.452 e. The lowest BCUT2D eigenvalue weighted by Crippen LogP contribution is -2.94. The van der Waals surface area contributed by atoms with Crippen LogP contribution in [0.2, 0.25) is 0 Å². The molecule has 3 aromatic carbocycles. The van der Waals surface area contributed by atoms with E-state index in [-0.39, 0.29) is 28.8 Å². The summed E-state index contributed by atoms with van der Waals surface area (Å²) in [5.74, 6) is 0. The highest BCUT2D eigenvalue weighted by Gasteiger charge is 2.59. The third kappa shape index (κ3) is 24.6. The van der Waals surface area contributed by atoms with Crippen molar-refractivity contribution in [2.45, 2.75) is 26.8 Å². The molecule has 0 unspecified atom stereocenters. The van der Waals surface area contributed by atoms with Crippen LogP contribution in [-0.4, -0.2) is 383 Å². The number of H-pyrrole nitrogens is 1. The van der Waals surface area contributed by atoms with Crippen molar-refractivity contribution in [1.29, 1.82) is 0 Å². The van der Waals surface area contributed by atoms with Gasteiger partial charge in [0.05, 0.1) is 57.5 Å². The van der Waals surface area contributed by atoms with Gasteiger partial charge in [-0.1, -0.05) is 31.9 Å². The van der Waals surface area contributed by atoms with Crippen molar-refractivity contribution in [3.8, 4) is 0 Å². The van der Waals surface area contributed by atoms with Crippen molar-refractivity contribution in [1.82, 2.24) is 9.97 Å². The number of aryl methyl sites for hydroxylation is 1. The number of hydrogen-bond acceptors (Lipinski definition) is 12. The number of amides is 1. The standard InChI is InChI=1S/C15H17BrN4O2.C7H5BrN2O4.C7H6N2O4.B46/c1-19(15(21)22-2)11-5-13(16)12-3-4-20(14(12)6-11)8-10-7-17-9-18-10;1-4-6(8)2-5(9(11)12)3-7(4)10(13)14;1-5-2-3-6(8(10)11)4-7(5)9(12)13;1-25(2)37(26(3)4)43(38(27(5)6)28(7)8)46(44(39(29(9)10)30(11)12)40(31(13)14)32(15)16)45(41(33(17)18)34(19)20)42(35(21)22)36(23)24/h5-7,9H,3-4,8H2,1-2H3,(H,17,18);2-3H,1H3;2-4H,1H3;. The number of hydrogen-bond donors (Lipinski definition) is 1. The van der Waals surface area contributed by atoms with Crippen LogP contribution in [0.3, 0.4) is 0 Å². The fraction of sp³-hybridized carbons (Fsp3) is 0.241. The van der Waals surface area contributed by atoms with Crippen molar-refractivity contribution in [3.63, 3.8) is 0 Å². The first-order chi connectivity index (χ1) is 43.9. The molecule has 5 rings (SSSR count). The molecule has 0 atom stereocenters. The summed E-state index contributed by atoms with van der Waals surface area (Å²) in [6.07, 6.45) is -23.1. The van der Waals surface area contributed by atoms with E-state index in [1.807, 2.05) is 18.3 Å². The third-order valence-corrected chi connectivity index (χ3v) is 18.1. The second kappa shape index (κ2) is 40.8. The second-order valence-corrected chi connectivity index (χ2v) is 24.7. The Bertz CT molecular complexity index is 2930. The van der Waals surface area contributed by atoms with Gasteiger partial charge in [0, 0.05) is 390 Å². The fourth-order valence-corrected chi connectivity index (χ4v) is 13.3. The third-order valence-electron chi connectivity index (χ3n) is 16.5. The van der Waals surface area contributed by atoms with Crippen LogP contribution in [0.15, 0.2) is 63.9 Å². The summed E-state index contributed by atoms with van der Waals surface area (Å²) >= 11 is 6.64. The number of nitro groups is 4. The average Bonchev–Trinajstić information content (AvgIpc) is 1.55. The molecule has 0 saturated carbocycles. The molecule has 0 saturated heterocycles. The number of fused-ring (bicyclic) bond motifs is 1. The Morgan fingerprint density at radius 1 is 0.526 bits per heavy atom. The molecule has 2 heterocycles. The van der Waals surface area contributed by atoms with Gasteiger partial charge in [0.15, 0.2) is 0 Å². The average molecular weight is 1310 g/mol. The van der Waals surface area contributed by atoms with Crippen LogP contribution in [0.1, 0.15) is 22.4 Å². The van der Waals surface area contributed by atoms with Crippen LogP contribution < -0.4 is 9.80 Å². The van der Waals surface area contributed by atoms with E-state index in [0.717, 1.165) is 53.2 Å². The minimum absolute atomic E-state index is 0.228. The Labute approximate surface area is 616 Å². The van der Waals surface area contributed by atoms with Crippen molar-refractivity contribution < 1.29 is 29.2 Å². The molecule has 1 aromatic heterocycles. The number of carbonyl (C=O) groups is 1. The maximum atomic E-state index is 11.7. The van der Waals surface area contributed by atoms with Gasteiger partial charge in [-0.3, -0.25) is 45.4 Å². The predicted molar refractivity (Wildman–Crippen MR) is 450 cm³/mol. The number of non-ortho nitro benzene ring substituents is 2. The van der Waals surface area contributed by atoms with E-state index >= 15 is 0 Å². The van der Waals surface area contributed by atoms with Gasteiger partial charge < -0.3 is 14.6 Å². The van der Waals surface area contributed by atoms with E-state index in [1.165, 1.54) is 49.6 Å². The maximum Gasteiger partial charge on any atom is 0.413 e. The molecule has 1 aliphatic heterocycles. The Hall–Kier alpha value is -2.51. The minimum atomic E-state index is -1.30. The number of nitrogens with zero attached hydrogens (tertiary/aromatic N) is 7. The molecular weight excluding hydrogens is 1280 g/mol. The van der Waals surface area contributed by atoms with Gasteiger partial charge in [-0.15, -0.1) is 0 Å². The normalized spacial score (nSPS) is 10.5. The summed E-state index contributed by atoms with van der Waals surface area (Å²) in [5, 5.41) is 41.6. The number of nitro benzene ring substituents is 4. The first kappa shape index (κ1) is 88.6. The summed E-state index contributed by atoms with van der Waals surface area (Å²) in [6.45, 7) is 4.76. The van der Waals surface area contributed by atoms with Gasteiger partial charge in [0.1, 0.15) is 0 Å². The predicted octanol–water partition coefficient (Wildman–Crippen LogP) is -10.2. The molecule has 1 amide bonds. The van der Waals surface area contributed by atoms with E-state index in [1.54, 1.807) is 13.4 Å². The number of aromatic amines is 1. The minimum Gasteiger partial charge on any atom is -0.452 e. The first-order valence-corrected chi connectivity index (χ1v) is 30.5. The first-order valence-electron chi connectivity index (χ1n) is 28.9. The SMILES string of the molecule is COC(=O)N(C)c1cc(Br)c2c(c1)N(Cc1cnc[nH]1)CC2.Cc1c(Br)cc([N+](=O)[O-])cc1[N+](=O)[O-].Cc1ccc([N+](=O)[O-])cc1[N+](=O)[O-].[B]B([B])B(B([B])[B])B(B(B([B])[B])B([B])[B])B(B(B(B([B])[B])B([B])[B])B(B([B])[B])B([B])[B])B(B(B([B])[B])B([B])[B])B(B([B])[B])B([B])[B]. The van der Waals surface area contributed by atoms with Crippen LogP contribution in [0.25, 0.3) is 0 Å². The molecule has 0 fully saturated rings. The van der Waals surface area contributed by atoms with Crippen molar-refractivity contribution >= 4 is 398 Å². The lowest BCUT2D eigenvalue weighted by atomic mass is 8.25. The van der Waals surface area contributed by atoms with Crippen molar-refractivity contribution in [2.24, 2.45) is 0 Å². The number of nitrogens with one attached hydrogen (secondary N) is 1. The number of imidazole rings is 1. The van der Waals surface area contributed by atoms with E-state index < -0.39 is 160 Å². The Morgan fingerprint density at radius 3 is 1.20 bits per heavy atom. The quantitative estimate of drug-likeness (QED) is 0.0318. The lowest BCUT2D eigenvalue weighted by molar-refractivity contribution is -0.394. The number of carbonyl (C=O) groups excluding carboxylic acids is 1. The maximum absolute atomic E-state index is 11.7. The van der Waals surface area contributed by atoms with Gasteiger partial charge in [-0.2, -0.15) is 0 Å². The van der Waals surface area contributed by atoms with Crippen molar-refractivity contribution in [2.75, 3.05) is 30.5 Å². The summed E-state index contributed by atoms with van der Waals surface area (Å²) in [4.78, 5) is 61.6. The number of ether oxygens (including phenoxy) is 1. The Balaban J connectivity index is 0.000000505. The summed E-state index contributed by atoms with van der Waals surface area (Å²) in [5.41, 5.74) is 4.00. The highest BCUT2D eigenvalue weighted by Crippen LogP contribution is 2.39. The zero-order chi connectivity index (χ0) is 73.3. The van der Waals surface area contributed by atoms with Gasteiger partial charge in [0.2, 0.25) is 0 Å². The van der Waals surface area contributed by atoms with E-state index in [4.69, 9.17) is 190 Å².